The van der Waals surface area contributed by atoms with E-state index in [2.05, 4.69) is 16.6 Å². The van der Waals surface area contributed by atoms with E-state index < -0.39 is 0 Å². The molecule has 3 nitrogen and oxygen atoms in total. The summed E-state index contributed by atoms with van der Waals surface area (Å²) in [4.78, 5) is 15.8. The monoisotopic (exact) mass is 256 g/mol. The van der Waals surface area contributed by atoms with Crippen LogP contribution in [0.5, 0.6) is 0 Å². The summed E-state index contributed by atoms with van der Waals surface area (Å²) >= 11 is 3.34. The van der Waals surface area contributed by atoms with E-state index in [1.165, 1.54) is 37.0 Å². The van der Waals surface area contributed by atoms with Gasteiger partial charge in [-0.15, -0.1) is 11.3 Å². The second-order valence-electron chi connectivity index (χ2n) is 4.15. The Morgan fingerprint density at radius 1 is 1.62 bits per heavy atom. The Morgan fingerprint density at radius 3 is 2.94 bits per heavy atom. The van der Waals surface area contributed by atoms with Crippen molar-refractivity contribution < 1.29 is 4.79 Å². The third-order valence-corrected chi connectivity index (χ3v) is 5.19. The van der Waals surface area contributed by atoms with E-state index in [0.717, 1.165) is 6.54 Å². The predicted octanol–water partition coefficient (Wildman–Crippen LogP) is 2.55. The minimum atomic E-state index is -0.0402. The lowest BCUT2D eigenvalue weighted by molar-refractivity contribution is 0.0945. The predicted molar refractivity (Wildman–Crippen MR) is 69.2 cm³/mol. The van der Waals surface area contributed by atoms with Gasteiger partial charge in [-0.05, 0) is 19.1 Å². The highest BCUT2D eigenvalue weighted by atomic mass is 32.2. The Balaban J connectivity index is 1.89. The van der Waals surface area contributed by atoms with Gasteiger partial charge in [0.25, 0.3) is 5.91 Å². The SMILES string of the molecule is CSC1(CNC(=O)c2cscn2)CCCC1. The Morgan fingerprint density at radius 2 is 2.38 bits per heavy atom. The van der Waals surface area contributed by atoms with Crippen molar-refractivity contribution in [3.05, 3.63) is 16.6 Å². The number of rotatable bonds is 4. The Hall–Kier alpha value is -0.550. The van der Waals surface area contributed by atoms with Gasteiger partial charge in [-0.25, -0.2) is 4.98 Å². The number of thioether (sulfide) groups is 1. The summed E-state index contributed by atoms with van der Waals surface area (Å²) in [5.41, 5.74) is 2.23. The number of nitrogens with one attached hydrogen (secondary N) is 1. The highest BCUT2D eigenvalue weighted by Crippen LogP contribution is 2.39. The highest BCUT2D eigenvalue weighted by Gasteiger charge is 2.33. The van der Waals surface area contributed by atoms with Crippen LogP contribution in [-0.4, -0.2) is 28.4 Å². The normalized spacial score (nSPS) is 18.6. The molecule has 0 saturated heterocycles. The van der Waals surface area contributed by atoms with E-state index in [0.29, 0.717) is 5.69 Å². The fourth-order valence-electron chi connectivity index (χ4n) is 2.13. The number of carbonyl (C=O) groups excluding carboxylic acids is 1. The zero-order valence-corrected chi connectivity index (χ0v) is 11.0. The molecule has 0 unspecified atom stereocenters. The number of carbonyl (C=O) groups is 1. The van der Waals surface area contributed by atoms with Gasteiger partial charge in [-0.1, -0.05) is 12.8 Å². The maximum Gasteiger partial charge on any atom is 0.270 e. The average Bonchev–Trinajstić information content (AvgIpc) is 2.98. The van der Waals surface area contributed by atoms with Crippen molar-refractivity contribution in [2.24, 2.45) is 0 Å². The molecular formula is C11H16N2OS2. The van der Waals surface area contributed by atoms with Crippen LogP contribution in [0.1, 0.15) is 36.2 Å². The molecule has 0 bridgehead atoms. The largest absolute Gasteiger partial charge is 0.349 e. The molecule has 0 aliphatic heterocycles. The van der Waals surface area contributed by atoms with E-state index in [1.807, 2.05) is 11.8 Å². The number of hydrogen-bond acceptors (Lipinski definition) is 4. The molecule has 1 aliphatic rings. The molecule has 1 heterocycles. The van der Waals surface area contributed by atoms with Crippen molar-refractivity contribution in [2.75, 3.05) is 12.8 Å². The number of nitrogens with zero attached hydrogens (tertiary/aromatic N) is 1. The summed E-state index contributed by atoms with van der Waals surface area (Å²) in [6.45, 7) is 0.768. The van der Waals surface area contributed by atoms with Crippen LogP contribution in [-0.2, 0) is 0 Å². The highest BCUT2D eigenvalue weighted by molar-refractivity contribution is 8.00. The van der Waals surface area contributed by atoms with Gasteiger partial charge in [0.15, 0.2) is 0 Å². The van der Waals surface area contributed by atoms with Crippen LogP contribution in [0.3, 0.4) is 0 Å². The Labute approximate surface area is 104 Å². The third-order valence-electron chi connectivity index (χ3n) is 3.18. The van der Waals surface area contributed by atoms with Gasteiger partial charge < -0.3 is 5.32 Å². The zero-order chi connectivity index (χ0) is 11.4. The first-order valence-electron chi connectivity index (χ1n) is 5.47. The van der Waals surface area contributed by atoms with Gasteiger partial charge >= 0.3 is 0 Å². The number of aromatic nitrogens is 1. The minimum Gasteiger partial charge on any atom is -0.349 e. The number of amides is 1. The molecule has 88 valence electrons. The van der Waals surface area contributed by atoms with Crippen LogP contribution in [0.15, 0.2) is 10.9 Å². The van der Waals surface area contributed by atoms with E-state index in [9.17, 15) is 4.79 Å². The maximum atomic E-state index is 11.7. The molecule has 2 rings (SSSR count). The standard InChI is InChI=1S/C11H16N2OS2/c1-15-11(4-2-3-5-11)7-12-10(14)9-6-16-8-13-9/h6,8H,2-5,7H2,1H3,(H,12,14). The molecule has 16 heavy (non-hydrogen) atoms. The average molecular weight is 256 g/mol. The van der Waals surface area contributed by atoms with E-state index >= 15 is 0 Å². The molecule has 0 aromatic carbocycles. The minimum absolute atomic E-state index is 0.0402. The van der Waals surface area contributed by atoms with Crippen LogP contribution in [0.2, 0.25) is 0 Å². The number of hydrogen-bond donors (Lipinski definition) is 1. The molecule has 0 atom stereocenters. The van der Waals surface area contributed by atoms with Gasteiger partial charge in [0.2, 0.25) is 0 Å². The third kappa shape index (κ3) is 2.58. The summed E-state index contributed by atoms with van der Waals surface area (Å²) < 4.78 is 0.270. The molecule has 1 saturated carbocycles. The molecule has 1 aromatic heterocycles. The summed E-state index contributed by atoms with van der Waals surface area (Å²) in [5.74, 6) is -0.0402. The van der Waals surface area contributed by atoms with Gasteiger partial charge in [-0.2, -0.15) is 11.8 Å². The molecule has 0 radical (unpaired) electrons. The van der Waals surface area contributed by atoms with Crippen LogP contribution in [0.25, 0.3) is 0 Å². The van der Waals surface area contributed by atoms with Crippen molar-refractivity contribution >= 4 is 29.0 Å². The molecular weight excluding hydrogens is 240 g/mol. The fraction of sp³-hybridized carbons (Fsp3) is 0.636. The lowest BCUT2D eigenvalue weighted by Gasteiger charge is -2.26. The van der Waals surface area contributed by atoms with E-state index in [4.69, 9.17) is 0 Å². The summed E-state index contributed by atoms with van der Waals surface area (Å²) in [6, 6.07) is 0. The number of thiazole rings is 1. The first-order valence-corrected chi connectivity index (χ1v) is 7.64. The molecule has 0 spiro atoms. The van der Waals surface area contributed by atoms with Gasteiger partial charge in [0.1, 0.15) is 5.69 Å². The molecule has 1 aliphatic carbocycles. The molecule has 1 N–H and O–H groups in total. The van der Waals surface area contributed by atoms with Gasteiger partial charge in [0, 0.05) is 16.7 Å². The van der Waals surface area contributed by atoms with Crippen LogP contribution in [0.4, 0.5) is 0 Å². The first-order chi connectivity index (χ1) is 7.76. The van der Waals surface area contributed by atoms with Gasteiger partial charge in [0.05, 0.1) is 5.51 Å². The van der Waals surface area contributed by atoms with Crippen molar-refractivity contribution in [3.63, 3.8) is 0 Å². The van der Waals surface area contributed by atoms with Gasteiger partial charge in [-0.3, -0.25) is 4.79 Å². The zero-order valence-electron chi connectivity index (χ0n) is 9.36. The second kappa shape index (κ2) is 5.19. The summed E-state index contributed by atoms with van der Waals surface area (Å²) in [7, 11) is 0. The lowest BCUT2D eigenvalue weighted by Crippen LogP contribution is -2.38. The molecule has 5 heteroatoms. The summed E-state index contributed by atoms with van der Waals surface area (Å²) in [6.07, 6.45) is 7.14. The quantitative estimate of drug-likeness (QED) is 0.900. The first kappa shape index (κ1) is 11.9. The smallest absolute Gasteiger partial charge is 0.270 e. The van der Waals surface area contributed by atoms with Crippen LogP contribution < -0.4 is 5.32 Å². The van der Waals surface area contributed by atoms with Crippen LogP contribution >= 0.6 is 23.1 Å². The molecule has 1 fully saturated rings. The van der Waals surface area contributed by atoms with Crippen molar-refractivity contribution in [1.82, 2.24) is 10.3 Å². The topological polar surface area (TPSA) is 42.0 Å². The fourth-order valence-corrected chi connectivity index (χ4v) is 3.57. The molecule has 1 aromatic rings. The van der Waals surface area contributed by atoms with E-state index in [1.54, 1.807) is 10.9 Å². The van der Waals surface area contributed by atoms with E-state index in [-0.39, 0.29) is 10.7 Å². The van der Waals surface area contributed by atoms with Crippen molar-refractivity contribution in [2.45, 2.75) is 30.4 Å². The van der Waals surface area contributed by atoms with Crippen molar-refractivity contribution in [3.8, 4) is 0 Å². The summed E-state index contributed by atoms with van der Waals surface area (Å²) in [5, 5.41) is 4.79. The van der Waals surface area contributed by atoms with Crippen molar-refractivity contribution in [1.29, 1.82) is 0 Å². The Bertz CT molecular complexity index is 345. The second-order valence-corrected chi connectivity index (χ2v) is 6.14. The lowest BCUT2D eigenvalue weighted by atomic mass is 10.1. The van der Waals surface area contributed by atoms with Crippen LogP contribution in [0, 0.1) is 0 Å². The Kier molecular flexibility index (Phi) is 3.86. The maximum absolute atomic E-state index is 11.7. The molecule has 1 amide bonds.